The van der Waals surface area contributed by atoms with E-state index in [0.29, 0.717) is 11.4 Å². The van der Waals surface area contributed by atoms with Crippen molar-refractivity contribution in [2.45, 2.75) is 45.6 Å². The first-order chi connectivity index (χ1) is 11.7. The summed E-state index contributed by atoms with van der Waals surface area (Å²) in [7, 11) is 1.99. The molecule has 25 heavy (non-hydrogen) atoms. The average molecular weight is 408 g/mol. The summed E-state index contributed by atoms with van der Waals surface area (Å²) >= 11 is 3.12. The van der Waals surface area contributed by atoms with Crippen LogP contribution in [0.1, 0.15) is 49.7 Å². The highest BCUT2D eigenvalue weighted by Crippen LogP contribution is 2.30. The van der Waals surface area contributed by atoms with Crippen LogP contribution in [0.15, 0.2) is 33.7 Å². The molecule has 2 aromatic rings. The van der Waals surface area contributed by atoms with E-state index in [-0.39, 0.29) is 15.5 Å². The number of aromatic nitrogens is 2. The Labute approximate surface area is 155 Å². The molecular weight excluding hydrogens is 385 g/mol. The van der Waals surface area contributed by atoms with Crippen LogP contribution in [0.5, 0.6) is 0 Å². The van der Waals surface area contributed by atoms with E-state index in [2.05, 4.69) is 46.4 Å². The standard InChI is InChI=1S/C19H23BrFN3O/c1-19(2,3)15-10-16(24(23(15)4)11-12-8-9-12)22-18(25)13-6-5-7-14(20)17(13)21/h5-7,10,12H,8-9,11H2,1-4H3. The van der Waals surface area contributed by atoms with Crippen LogP contribution in [-0.4, -0.2) is 15.3 Å². The Morgan fingerprint density at radius 2 is 2.04 bits per heavy atom. The zero-order valence-corrected chi connectivity index (χ0v) is 16.6. The minimum Gasteiger partial charge on any atom is -0.291 e. The molecule has 1 aliphatic carbocycles. The second kappa shape index (κ2) is 6.56. The molecule has 0 unspecified atom stereocenters. The number of benzene rings is 1. The van der Waals surface area contributed by atoms with Crippen LogP contribution >= 0.6 is 15.9 Å². The van der Waals surface area contributed by atoms with Crippen molar-refractivity contribution in [3.8, 4) is 0 Å². The molecule has 0 aliphatic heterocycles. The Balaban J connectivity index is 2.09. The van der Waals surface area contributed by atoms with Crippen molar-refractivity contribution in [3.05, 3.63) is 51.3 Å². The predicted molar refractivity (Wildman–Crippen MR) is 98.8 cm³/mol. The molecule has 1 fully saturated rings. The number of rotatable bonds is 3. The van der Waals surface area contributed by atoms with Gasteiger partial charge in [-0.05, 0) is 46.8 Å². The number of carbonyl (C=O) groups is 1. The van der Waals surface area contributed by atoms with Gasteiger partial charge in [0, 0.05) is 30.8 Å². The molecule has 4 nitrogen and oxygen atoms in total. The molecule has 1 amide bonds. The lowest BCUT2D eigenvalue weighted by Crippen LogP contribution is -2.26. The maximum Gasteiger partial charge on any atom is 0.282 e. The van der Waals surface area contributed by atoms with Crippen LogP contribution in [0.3, 0.4) is 0 Å². The SMILES string of the molecule is Cn1c(C(C)(C)C)cc(=NC(=O)c2cccc(Br)c2F)n1CC1CC1. The molecule has 0 bridgehead atoms. The van der Waals surface area contributed by atoms with Crippen LogP contribution < -0.4 is 5.49 Å². The minimum absolute atomic E-state index is 0.0199. The van der Waals surface area contributed by atoms with E-state index in [1.807, 2.05) is 17.8 Å². The van der Waals surface area contributed by atoms with Gasteiger partial charge in [-0.25, -0.2) is 4.39 Å². The number of hydrogen-bond donors (Lipinski definition) is 0. The Bertz CT molecular complexity index is 885. The van der Waals surface area contributed by atoms with Gasteiger partial charge in [0.25, 0.3) is 5.91 Å². The Kier molecular flexibility index (Phi) is 4.75. The highest BCUT2D eigenvalue weighted by Gasteiger charge is 2.26. The van der Waals surface area contributed by atoms with Gasteiger partial charge in [-0.2, -0.15) is 4.99 Å². The van der Waals surface area contributed by atoms with Crippen LogP contribution in [-0.2, 0) is 19.0 Å². The van der Waals surface area contributed by atoms with Gasteiger partial charge in [0.05, 0.1) is 10.0 Å². The monoisotopic (exact) mass is 407 g/mol. The second-order valence-electron chi connectivity index (χ2n) is 7.71. The zero-order valence-electron chi connectivity index (χ0n) is 15.0. The average Bonchev–Trinajstić information content (AvgIpc) is 3.28. The van der Waals surface area contributed by atoms with Crippen molar-refractivity contribution in [1.29, 1.82) is 0 Å². The van der Waals surface area contributed by atoms with E-state index in [1.54, 1.807) is 12.1 Å². The van der Waals surface area contributed by atoms with Crippen molar-refractivity contribution < 1.29 is 9.18 Å². The molecular formula is C19H23BrFN3O. The third-order valence-electron chi connectivity index (χ3n) is 4.54. The molecule has 0 radical (unpaired) electrons. The number of hydrogen-bond acceptors (Lipinski definition) is 1. The van der Waals surface area contributed by atoms with E-state index in [1.165, 1.54) is 18.9 Å². The fourth-order valence-electron chi connectivity index (χ4n) is 2.96. The van der Waals surface area contributed by atoms with E-state index in [0.717, 1.165) is 12.2 Å². The van der Waals surface area contributed by atoms with E-state index in [4.69, 9.17) is 0 Å². The second-order valence-corrected chi connectivity index (χ2v) is 8.56. The van der Waals surface area contributed by atoms with Crippen molar-refractivity contribution in [2.75, 3.05) is 0 Å². The molecule has 1 aromatic carbocycles. The molecule has 0 spiro atoms. The number of carbonyl (C=O) groups excluding carboxylic acids is 1. The Morgan fingerprint density at radius 3 is 2.64 bits per heavy atom. The molecule has 0 N–H and O–H groups in total. The van der Waals surface area contributed by atoms with Crippen LogP contribution in [0, 0.1) is 11.7 Å². The topological polar surface area (TPSA) is 39.3 Å². The maximum atomic E-state index is 14.2. The van der Waals surface area contributed by atoms with Crippen molar-refractivity contribution in [2.24, 2.45) is 18.0 Å². The van der Waals surface area contributed by atoms with Crippen molar-refractivity contribution in [3.63, 3.8) is 0 Å². The Hall–Kier alpha value is -1.69. The summed E-state index contributed by atoms with van der Waals surface area (Å²) in [4.78, 5) is 16.8. The molecule has 134 valence electrons. The lowest BCUT2D eigenvalue weighted by Gasteiger charge is -2.20. The van der Waals surface area contributed by atoms with Gasteiger partial charge in [0.2, 0.25) is 0 Å². The van der Waals surface area contributed by atoms with Gasteiger partial charge in [-0.15, -0.1) is 0 Å². The van der Waals surface area contributed by atoms with E-state index in [9.17, 15) is 9.18 Å². The number of amides is 1. The van der Waals surface area contributed by atoms with Crippen molar-refractivity contribution >= 4 is 21.8 Å². The molecule has 1 saturated carbocycles. The number of halogens is 2. The highest BCUT2D eigenvalue weighted by atomic mass is 79.9. The molecule has 1 aliphatic rings. The first-order valence-corrected chi connectivity index (χ1v) is 9.28. The van der Waals surface area contributed by atoms with Gasteiger partial charge in [0.1, 0.15) is 5.82 Å². The summed E-state index contributed by atoms with van der Waals surface area (Å²) in [5.74, 6) is -0.496. The largest absolute Gasteiger partial charge is 0.291 e. The number of nitrogens with zero attached hydrogens (tertiary/aromatic N) is 3. The fourth-order valence-corrected chi connectivity index (χ4v) is 3.33. The smallest absolute Gasteiger partial charge is 0.282 e. The van der Waals surface area contributed by atoms with Gasteiger partial charge in [-0.3, -0.25) is 14.2 Å². The first-order valence-electron chi connectivity index (χ1n) is 8.49. The molecule has 3 rings (SSSR count). The van der Waals surface area contributed by atoms with Crippen molar-refractivity contribution in [1.82, 2.24) is 9.36 Å². The summed E-state index contributed by atoms with van der Waals surface area (Å²) in [6.07, 6.45) is 2.41. The summed E-state index contributed by atoms with van der Waals surface area (Å²) in [6.45, 7) is 7.22. The molecule has 6 heteroatoms. The first kappa shape index (κ1) is 18.1. The quantitative estimate of drug-likeness (QED) is 0.751. The predicted octanol–water partition coefficient (Wildman–Crippen LogP) is 4.18. The molecule has 1 heterocycles. The summed E-state index contributed by atoms with van der Waals surface area (Å²) in [5, 5.41) is 0. The normalized spacial score (nSPS) is 15.7. The third kappa shape index (κ3) is 3.78. The molecule has 0 saturated heterocycles. The van der Waals surface area contributed by atoms with Gasteiger partial charge >= 0.3 is 0 Å². The van der Waals surface area contributed by atoms with Crippen LogP contribution in [0.2, 0.25) is 0 Å². The summed E-state index contributed by atoms with van der Waals surface area (Å²) < 4.78 is 18.6. The third-order valence-corrected chi connectivity index (χ3v) is 5.15. The molecule has 1 aromatic heterocycles. The minimum atomic E-state index is -0.572. The van der Waals surface area contributed by atoms with Crippen LogP contribution in [0.25, 0.3) is 0 Å². The maximum absolute atomic E-state index is 14.2. The molecule has 0 atom stereocenters. The van der Waals surface area contributed by atoms with Gasteiger partial charge < -0.3 is 0 Å². The summed E-state index contributed by atoms with van der Waals surface area (Å²) in [6, 6.07) is 6.61. The van der Waals surface area contributed by atoms with Gasteiger partial charge in [0.15, 0.2) is 5.49 Å². The fraction of sp³-hybridized carbons (Fsp3) is 0.474. The van der Waals surface area contributed by atoms with Gasteiger partial charge in [-0.1, -0.05) is 26.8 Å². The lowest BCUT2D eigenvalue weighted by molar-refractivity contribution is 0.0992. The van der Waals surface area contributed by atoms with Crippen LogP contribution in [0.4, 0.5) is 4.39 Å². The summed E-state index contributed by atoms with van der Waals surface area (Å²) in [5.41, 5.74) is 1.59. The lowest BCUT2D eigenvalue weighted by atomic mass is 9.92. The van der Waals surface area contributed by atoms with E-state index >= 15 is 0 Å². The Morgan fingerprint density at radius 1 is 1.36 bits per heavy atom. The zero-order chi connectivity index (χ0) is 18.4. The van der Waals surface area contributed by atoms with E-state index < -0.39 is 11.7 Å². The highest BCUT2D eigenvalue weighted by molar-refractivity contribution is 9.10.